The molecule has 0 saturated carbocycles. The van der Waals surface area contributed by atoms with E-state index in [1.807, 2.05) is 0 Å². The van der Waals surface area contributed by atoms with E-state index in [0.717, 1.165) is 24.8 Å². The molecule has 2 rings (SSSR count). The van der Waals surface area contributed by atoms with Crippen molar-refractivity contribution in [2.75, 3.05) is 7.11 Å². The molecule has 3 unspecified atom stereocenters. The SMILES string of the molecule is COC(=O)C1=C(C)CCCC1(C)C1OC1[Si](C)(C)C. The van der Waals surface area contributed by atoms with Crippen molar-refractivity contribution in [2.45, 2.75) is 64.6 Å². The van der Waals surface area contributed by atoms with E-state index in [2.05, 4.69) is 33.5 Å². The van der Waals surface area contributed by atoms with Gasteiger partial charge in [0.2, 0.25) is 0 Å². The van der Waals surface area contributed by atoms with Crippen molar-refractivity contribution in [3.8, 4) is 0 Å². The van der Waals surface area contributed by atoms with E-state index in [1.165, 1.54) is 12.7 Å². The molecule has 0 aromatic carbocycles. The molecular formula is C15H26O3Si. The maximum Gasteiger partial charge on any atom is 0.334 e. The molecule has 0 bridgehead atoms. The molecular weight excluding hydrogens is 256 g/mol. The maximum absolute atomic E-state index is 12.2. The van der Waals surface area contributed by atoms with Gasteiger partial charge in [0.25, 0.3) is 0 Å². The molecule has 3 nitrogen and oxygen atoms in total. The maximum atomic E-state index is 12.2. The van der Waals surface area contributed by atoms with Crippen molar-refractivity contribution in [3.63, 3.8) is 0 Å². The van der Waals surface area contributed by atoms with E-state index in [-0.39, 0.29) is 17.5 Å². The fourth-order valence-electron chi connectivity index (χ4n) is 3.51. The first kappa shape index (κ1) is 14.8. The molecule has 0 aromatic heterocycles. The van der Waals surface area contributed by atoms with E-state index in [9.17, 15) is 4.79 Å². The van der Waals surface area contributed by atoms with Crippen LogP contribution in [-0.4, -0.2) is 33.0 Å². The van der Waals surface area contributed by atoms with Gasteiger partial charge in [-0.3, -0.25) is 0 Å². The van der Waals surface area contributed by atoms with Crippen molar-refractivity contribution in [2.24, 2.45) is 5.41 Å². The second kappa shape index (κ2) is 4.74. The molecule has 0 aromatic rings. The summed E-state index contributed by atoms with van der Waals surface area (Å²) in [5, 5.41) is 0. The van der Waals surface area contributed by atoms with E-state index in [4.69, 9.17) is 9.47 Å². The smallest absolute Gasteiger partial charge is 0.334 e. The van der Waals surface area contributed by atoms with E-state index in [1.54, 1.807) is 0 Å². The van der Waals surface area contributed by atoms with Crippen molar-refractivity contribution in [3.05, 3.63) is 11.1 Å². The molecule has 1 saturated heterocycles. The van der Waals surface area contributed by atoms with Crippen molar-refractivity contribution >= 4 is 14.0 Å². The average molecular weight is 282 g/mol. The lowest BCUT2D eigenvalue weighted by Crippen LogP contribution is -2.40. The zero-order valence-electron chi connectivity index (χ0n) is 13.0. The van der Waals surface area contributed by atoms with Crippen LogP contribution in [0.15, 0.2) is 11.1 Å². The van der Waals surface area contributed by atoms with Gasteiger partial charge in [0.05, 0.1) is 27.0 Å². The molecule has 19 heavy (non-hydrogen) atoms. The summed E-state index contributed by atoms with van der Waals surface area (Å²) in [4.78, 5) is 12.2. The molecule has 3 atom stereocenters. The van der Waals surface area contributed by atoms with Gasteiger partial charge in [-0.1, -0.05) is 32.1 Å². The molecule has 1 aliphatic heterocycles. The largest absolute Gasteiger partial charge is 0.466 e. The van der Waals surface area contributed by atoms with Crippen LogP contribution in [0, 0.1) is 5.41 Å². The van der Waals surface area contributed by atoms with E-state index < -0.39 is 8.07 Å². The number of methoxy groups -OCH3 is 1. The monoisotopic (exact) mass is 282 g/mol. The minimum atomic E-state index is -1.31. The van der Waals surface area contributed by atoms with Crippen LogP contribution < -0.4 is 0 Å². The number of hydrogen-bond acceptors (Lipinski definition) is 3. The first-order chi connectivity index (χ1) is 8.71. The normalized spacial score (nSPS) is 35.3. The Kier molecular flexibility index (Phi) is 3.69. The molecule has 108 valence electrons. The fourth-order valence-corrected chi connectivity index (χ4v) is 5.34. The third-order valence-corrected chi connectivity index (χ3v) is 6.75. The molecule has 4 heteroatoms. The molecule has 0 radical (unpaired) electrons. The van der Waals surface area contributed by atoms with E-state index in [0.29, 0.717) is 5.73 Å². The van der Waals surface area contributed by atoms with Gasteiger partial charge in [0, 0.05) is 11.0 Å². The zero-order valence-corrected chi connectivity index (χ0v) is 14.0. The Labute approximate surface area is 117 Å². The van der Waals surface area contributed by atoms with Gasteiger partial charge in [-0.15, -0.1) is 0 Å². The highest BCUT2D eigenvalue weighted by atomic mass is 28.3. The summed E-state index contributed by atoms with van der Waals surface area (Å²) in [6.07, 6.45) is 3.38. The second-order valence-electron chi connectivity index (χ2n) is 7.26. The summed E-state index contributed by atoms with van der Waals surface area (Å²) in [7, 11) is 0.163. The van der Waals surface area contributed by atoms with Crippen LogP contribution in [0.3, 0.4) is 0 Å². The van der Waals surface area contributed by atoms with Gasteiger partial charge in [-0.05, 0) is 26.2 Å². The quantitative estimate of drug-likeness (QED) is 0.453. The van der Waals surface area contributed by atoms with Crippen LogP contribution in [-0.2, 0) is 14.3 Å². The van der Waals surface area contributed by atoms with E-state index >= 15 is 0 Å². The number of hydrogen-bond donors (Lipinski definition) is 0. The first-order valence-corrected chi connectivity index (χ1v) is 10.7. The summed E-state index contributed by atoms with van der Waals surface area (Å²) in [5.74, 6) is -0.162. The number of esters is 1. The molecule has 1 fully saturated rings. The second-order valence-corrected chi connectivity index (χ2v) is 12.6. The molecule has 2 aliphatic rings. The Hall–Kier alpha value is -0.613. The molecule has 0 amide bonds. The summed E-state index contributed by atoms with van der Waals surface area (Å²) in [6.45, 7) is 11.2. The predicted octanol–water partition coefficient (Wildman–Crippen LogP) is 3.31. The van der Waals surface area contributed by atoms with Crippen molar-refractivity contribution in [1.82, 2.24) is 0 Å². The Balaban J connectivity index is 2.32. The van der Waals surface area contributed by atoms with Gasteiger partial charge in [0.1, 0.15) is 0 Å². The number of carbonyl (C=O) groups is 1. The molecule has 1 aliphatic carbocycles. The van der Waals surface area contributed by atoms with Crippen LogP contribution in [0.4, 0.5) is 0 Å². The fraction of sp³-hybridized carbons (Fsp3) is 0.800. The summed E-state index contributed by atoms with van der Waals surface area (Å²) in [5.41, 5.74) is 2.29. The van der Waals surface area contributed by atoms with Crippen molar-refractivity contribution < 1.29 is 14.3 Å². The third-order valence-electron chi connectivity index (χ3n) is 4.61. The van der Waals surface area contributed by atoms with Gasteiger partial charge in [-0.2, -0.15) is 0 Å². The van der Waals surface area contributed by atoms with Crippen LogP contribution in [0.25, 0.3) is 0 Å². The number of epoxide rings is 1. The first-order valence-electron chi connectivity index (χ1n) is 7.16. The summed E-state index contributed by atoms with van der Waals surface area (Å²) >= 11 is 0. The molecule has 1 heterocycles. The van der Waals surface area contributed by atoms with Gasteiger partial charge in [-0.25, -0.2) is 4.79 Å². The van der Waals surface area contributed by atoms with Gasteiger partial charge >= 0.3 is 5.97 Å². The minimum Gasteiger partial charge on any atom is -0.466 e. The Morgan fingerprint density at radius 2 is 2.05 bits per heavy atom. The number of carbonyl (C=O) groups excluding carboxylic acids is 1. The van der Waals surface area contributed by atoms with Crippen LogP contribution >= 0.6 is 0 Å². The summed E-state index contributed by atoms with van der Waals surface area (Å²) < 4.78 is 11.0. The predicted molar refractivity (Wildman–Crippen MR) is 78.7 cm³/mol. The van der Waals surface area contributed by atoms with Gasteiger partial charge in [0.15, 0.2) is 0 Å². The lowest BCUT2D eigenvalue weighted by molar-refractivity contribution is -0.137. The Bertz CT molecular complexity index is 422. The topological polar surface area (TPSA) is 38.8 Å². The Morgan fingerprint density at radius 3 is 2.53 bits per heavy atom. The third kappa shape index (κ3) is 2.52. The number of allylic oxidation sites excluding steroid dienone is 1. The van der Waals surface area contributed by atoms with Gasteiger partial charge < -0.3 is 9.47 Å². The highest BCUT2D eigenvalue weighted by Gasteiger charge is 2.60. The minimum absolute atomic E-state index is 0.152. The zero-order chi connectivity index (χ0) is 14.4. The van der Waals surface area contributed by atoms with Crippen molar-refractivity contribution in [1.29, 1.82) is 0 Å². The van der Waals surface area contributed by atoms with Crippen LogP contribution in [0.1, 0.15) is 33.1 Å². The highest BCUT2D eigenvalue weighted by molar-refractivity contribution is 6.78. The number of rotatable bonds is 3. The standard InChI is InChI=1S/C15H26O3Si/c1-10-8-7-9-15(2,11(10)13(16)17-3)12-14(18-12)19(4,5)6/h12,14H,7-9H2,1-6H3. The molecule has 0 spiro atoms. The number of ether oxygens (including phenoxy) is 2. The summed E-state index contributed by atoms with van der Waals surface area (Å²) in [6, 6.07) is 0. The van der Waals surface area contributed by atoms with Crippen LogP contribution in [0.2, 0.25) is 19.6 Å². The average Bonchev–Trinajstić information content (AvgIpc) is 3.08. The Morgan fingerprint density at radius 1 is 1.42 bits per heavy atom. The lowest BCUT2D eigenvalue weighted by Gasteiger charge is -2.35. The molecule has 0 N–H and O–H groups in total. The highest BCUT2D eigenvalue weighted by Crippen LogP contribution is 2.53. The van der Waals surface area contributed by atoms with Crippen LogP contribution in [0.5, 0.6) is 0 Å². The lowest BCUT2D eigenvalue weighted by atomic mass is 9.69.